The van der Waals surface area contributed by atoms with Crippen molar-refractivity contribution in [2.24, 2.45) is 0 Å². The largest absolute Gasteiger partial charge is 0.467 e. The number of aromatic nitrogens is 2. The van der Waals surface area contributed by atoms with Crippen LogP contribution in [0.15, 0.2) is 12.3 Å². The molecule has 0 aliphatic carbocycles. The van der Waals surface area contributed by atoms with Gasteiger partial charge < -0.3 is 10.1 Å². The van der Waals surface area contributed by atoms with E-state index in [0.29, 0.717) is 12.4 Å². The van der Waals surface area contributed by atoms with Gasteiger partial charge in [0.1, 0.15) is 5.54 Å². The molecule has 0 amide bonds. The Bertz CT molecular complexity index is 395. The lowest BCUT2D eigenvalue weighted by molar-refractivity contribution is -0.145. The smallest absolute Gasteiger partial charge is 0.331 e. The molecule has 0 saturated carbocycles. The number of carbonyl (C=O) groups excluding carboxylic acids is 1. The van der Waals surface area contributed by atoms with Crippen molar-refractivity contribution in [2.45, 2.75) is 39.2 Å². The molecule has 0 radical (unpaired) electrons. The first-order chi connectivity index (χ1) is 8.01. The number of methoxy groups -OCH3 is 1. The lowest BCUT2D eigenvalue weighted by atomic mass is 9.96. The molecule has 0 aliphatic heterocycles. The molecular formula is C12H19N3O2. The third-order valence-electron chi connectivity index (χ3n) is 2.57. The normalized spacial score (nSPS) is 13.9. The van der Waals surface area contributed by atoms with E-state index in [1.165, 1.54) is 7.11 Å². The van der Waals surface area contributed by atoms with Crippen LogP contribution in [0.1, 0.15) is 32.4 Å². The van der Waals surface area contributed by atoms with Gasteiger partial charge in [0.15, 0.2) is 0 Å². The number of anilines is 1. The van der Waals surface area contributed by atoms with E-state index in [9.17, 15) is 4.79 Å². The predicted molar refractivity (Wildman–Crippen MR) is 65.7 cm³/mol. The first-order valence-corrected chi connectivity index (χ1v) is 5.68. The van der Waals surface area contributed by atoms with Crippen LogP contribution in [0.4, 0.5) is 5.95 Å². The fraction of sp³-hybridized carbons (Fsp3) is 0.583. The van der Waals surface area contributed by atoms with Crippen LogP contribution in [0.5, 0.6) is 0 Å². The zero-order valence-electron chi connectivity index (χ0n) is 10.8. The highest BCUT2D eigenvalue weighted by Crippen LogP contribution is 2.19. The molecule has 94 valence electrons. The van der Waals surface area contributed by atoms with Crippen LogP contribution >= 0.6 is 0 Å². The number of hydrogen-bond donors (Lipinski definition) is 1. The van der Waals surface area contributed by atoms with Crippen molar-refractivity contribution in [1.29, 1.82) is 0 Å². The van der Waals surface area contributed by atoms with Gasteiger partial charge in [0.2, 0.25) is 5.95 Å². The molecule has 17 heavy (non-hydrogen) atoms. The van der Waals surface area contributed by atoms with Crippen molar-refractivity contribution in [3.63, 3.8) is 0 Å². The van der Waals surface area contributed by atoms with Crippen molar-refractivity contribution >= 4 is 11.9 Å². The predicted octanol–water partition coefficient (Wildman–Crippen LogP) is 1.93. The van der Waals surface area contributed by atoms with Crippen LogP contribution in [0.25, 0.3) is 0 Å². The lowest BCUT2D eigenvalue weighted by Crippen LogP contribution is -2.44. The summed E-state index contributed by atoms with van der Waals surface area (Å²) in [7, 11) is 1.38. The molecule has 1 atom stereocenters. The van der Waals surface area contributed by atoms with E-state index in [1.54, 1.807) is 19.2 Å². The highest BCUT2D eigenvalue weighted by atomic mass is 16.5. The monoisotopic (exact) mass is 237 g/mol. The summed E-state index contributed by atoms with van der Waals surface area (Å²) in [4.78, 5) is 20.1. The maximum Gasteiger partial charge on any atom is 0.331 e. The molecule has 1 rings (SSSR count). The van der Waals surface area contributed by atoms with Crippen molar-refractivity contribution in [3.8, 4) is 0 Å². The standard InChI is InChI=1S/C12H19N3O2/c1-5-7-12(3,10(16)17-4)15-11-13-8-6-9(2)14-11/h6,8H,5,7H2,1-4H3,(H,13,14,15). The van der Waals surface area contributed by atoms with Crippen LogP contribution in [0, 0.1) is 6.92 Å². The SMILES string of the molecule is CCCC(C)(Nc1nccc(C)n1)C(=O)OC. The summed E-state index contributed by atoms with van der Waals surface area (Å²) in [6.07, 6.45) is 3.19. The fourth-order valence-corrected chi connectivity index (χ4v) is 1.70. The van der Waals surface area contributed by atoms with Crippen LogP contribution in [-0.4, -0.2) is 28.6 Å². The van der Waals surface area contributed by atoms with Crippen molar-refractivity contribution < 1.29 is 9.53 Å². The average molecular weight is 237 g/mol. The Morgan fingerprint density at radius 1 is 1.59 bits per heavy atom. The van der Waals surface area contributed by atoms with E-state index in [0.717, 1.165) is 12.1 Å². The summed E-state index contributed by atoms with van der Waals surface area (Å²) < 4.78 is 4.81. The van der Waals surface area contributed by atoms with Crippen LogP contribution < -0.4 is 5.32 Å². The number of esters is 1. The van der Waals surface area contributed by atoms with Gasteiger partial charge in [-0.1, -0.05) is 13.3 Å². The summed E-state index contributed by atoms with van der Waals surface area (Å²) in [5, 5.41) is 3.05. The van der Waals surface area contributed by atoms with E-state index in [4.69, 9.17) is 4.74 Å². The first-order valence-electron chi connectivity index (χ1n) is 5.68. The molecule has 0 fully saturated rings. The third kappa shape index (κ3) is 3.41. The minimum Gasteiger partial charge on any atom is -0.467 e. The molecule has 0 aromatic carbocycles. The quantitative estimate of drug-likeness (QED) is 0.793. The zero-order chi connectivity index (χ0) is 12.9. The Balaban J connectivity index is 2.90. The number of hydrogen-bond acceptors (Lipinski definition) is 5. The van der Waals surface area contributed by atoms with Gasteiger partial charge in [-0.05, 0) is 26.3 Å². The highest BCUT2D eigenvalue weighted by Gasteiger charge is 2.34. The second-order valence-corrected chi connectivity index (χ2v) is 4.22. The molecule has 1 heterocycles. The molecule has 5 heteroatoms. The minimum absolute atomic E-state index is 0.301. The second kappa shape index (κ2) is 5.61. The van der Waals surface area contributed by atoms with Crippen LogP contribution in [0.2, 0.25) is 0 Å². The number of aryl methyl sites for hydroxylation is 1. The van der Waals surface area contributed by atoms with Gasteiger partial charge in [-0.2, -0.15) is 0 Å². The van der Waals surface area contributed by atoms with Crippen molar-refractivity contribution in [2.75, 3.05) is 12.4 Å². The third-order valence-corrected chi connectivity index (χ3v) is 2.57. The Morgan fingerprint density at radius 3 is 2.82 bits per heavy atom. The van der Waals surface area contributed by atoms with E-state index >= 15 is 0 Å². The topological polar surface area (TPSA) is 64.1 Å². The summed E-state index contributed by atoms with van der Waals surface area (Å²) >= 11 is 0. The molecule has 0 spiro atoms. The molecule has 5 nitrogen and oxygen atoms in total. The van der Waals surface area contributed by atoms with Gasteiger partial charge in [0.25, 0.3) is 0 Å². The Labute approximate surface area is 102 Å². The summed E-state index contributed by atoms with van der Waals surface area (Å²) in [5.41, 5.74) is 0.0725. The Kier molecular flexibility index (Phi) is 4.43. The average Bonchev–Trinajstić information content (AvgIpc) is 2.28. The van der Waals surface area contributed by atoms with Gasteiger partial charge in [0, 0.05) is 11.9 Å². The summed E-state index contributed by atoms with van der Waals surface area (Å²) in [6, 6.07) is 1.81. The number of carbonyl (C=O) groups is 1. The number of rotatable bonds is 5. The minimum atomic E-state index is -0.780. The number of ether oxygens (including phenoxy) is 1. The van der Waals surface area contributed by atoms with E-state index in [2.05, 4.69) is 15.3 Å². The molecule has 1 N–H and O–H groups in total. The molecule has 0 bridgehead atoms. The van der Waals surface area contributed by atoms with Gasteiger partial charge in [0.05, 0.1) is 7.11 Å². The van der Waals surface area contributed by atoms with Gasteiger partial charge >= 0.3 is 5.97 Å². The Hall–Kier alpha value is -1.65. The highest BCUT2D eigenvalue weighted by molar-refractivity contribution is 5.83. The molecule has 1 aromatic rings. The first kappa shape index (κ1) is 13.4. The molecule has 0 aliphatic rings. The lowest BCUT2D eigenvalue weighted by Gasteiger charge is -2.27. The Morgan fingerprint density at radius 2 is 2.29 bits per heavy atom. The van der Waals surface area contributed by atoms with E-state index < -0.39 is 5.54 Å². The molecule has 1 aromatic heterocycles. The van der Waals surface area contributed by atoms with Crippen molar-refractivity contribution in [3.05, 3.63) is 18.0 Å². The number of nitrogens with zero attached hydrogens (tertiary/aromatic N) is 2. The number of nitrogens with one attached hydrogen (secondary N) is 1. The molecular weight excluding hydrogens is 218 g/mol. The van der Waals surface area contributed by atoms with Crippen LogP contribution in [0.3, 0.4) is 0 Å². The maximum atomic E-state index is 11.8. The van der Waals surface area contributed by atoms with Gasteiger partial charge in [-0.25, -0.2) is 14.8 Å². The summed E-state index contributed by atoms with van der Waals surface area (Å²) in [5.74, 6) is 0.149. The van der Waals surface area contributed by atoms with E-state index in [1.807, 2.05) is 13.8 Å². The fourth-order valence-electron chi connectivity index (χ4n) is 1.70. The molecule has 0 saturated heterocycles. The van der Waals surface area contributed by atoms with Gasteiger partial charge in [-0.3, -0.25) is 0 Å². The maximum absolute atomic E-state index is 11.8. The van der Waals surface area contributed by atoms with E-state index in [-0.39, 0.29) is 5.97 Å². The second-order valence-electron chi connectivity index (χ2n) is 4.22. The van der Waals surface area contributed by atoms with Gasteiger partial charge in [-0.15, -0.1) is 0 Å². The molecule has 1 unspecified atom stereocenters. The summed E-state index contributed by atoms with van der Waals surface area (Å²) in [6.45, 7) is 5.69. The van der Waals surface area contributed by atoms with Crippen molar-refractivity contribution in [1.82, 2.24) is 9.97 Å². The van der Waals surface area contributed by atoms with Crippen LogP contribution in [-0.2, 0) is 9.53 Å². The zero-order valence-corrected chi connectivity index (χ0v) is 10.8.